The van der Waals surface area contributed by atoms with Crippen molar-refractivity contribution < 1.29 is 0 Å². The third-order valence-electron chi connectivity index (χ3n) is 11.9. The maximum Gasteiger partial charge on any atom is 0.203 e. The number of fused-ring (bicyclic) bond motifs is 10. The lowest BCUT2D eigenvalue weighted by Crippen LogP contribution is -2.73. The number of nitrogens with zero attached hydrogens (tertiary/aromatic N) is 3. The minimum absolute atomic E-state index is 0.740. The minimum atomic E-state index is -2.94. The molecule has 4 heterocycles. The Morgan fingerprint density at radius 2 is 1.07 bits per heavy atom. The number of benzene rings is 8. The highest BCUT2D eigenvalue weighted by atomic mass is 32.1. The lowest BCUT2D eigenvalue weighted by Gasteiger charge is -2.30. The van der Waals surface area contributed by atoms with E-state index in [1.165, 1.54) is 63.1 Å². The van der Waals surface area contributed by atoms with Gasteiger partial charge in [-0.05, 0) is 45.4 Å². The van der Waals surface area contributed by atoms with Crippen molar-refractivity contribution in [1.82, 2.24) is 14.5 Å². The Balaban J connectivity index is 1.25. The Hall–Kier alpha value is -6.92. The molecule has 0 radical (unpaired) electrons. The van der Waals surface area contributed by atoms with Gasteiger partial charge in [0.2, 0.25) is 8.07 Å². The van der Waals surface area contributed by atoms with Crippen LogP contribution in [0.5, 0.6) is 0 Å². The molecule has 5 heteroatoms. The first-order chi connectivity index (χ1) is 28.3. The number of rotatable bonds is 5. The van der Waals surface area contributed by atoms with Crippen LogP contribution in [-0.2, 0) is 0 Å². The van der Waals surface area contributed by atoms with Gasteiger partial charge in [0.1, 0.15) is 0 Å². The lowest BCUT2D eigenvalue weighted by atomic mass is 9.99. The summed E-state index contributed by atoms with van der Waals surface area (Å²) < 4.78 is 5.10. The molecule has 8 aromatic carbocycles. The van der Waals surface area contributed by atoms with Gasteiger partial charge in [-0.15, -0.1) is 11.3 Å². The lowest BCUT2D eigenvalue weighted by molar-refractivity contribution is 1.16. The zero-order chi connectivity index (χ0) is 37.5. The third kappa shape index (κ3) is 4.58. The van der Waals surface area contributed by atoms with Gasteiger partial charge in [0.25, 0.3) is 0 Å². The van der Waals surface area contributed by atoms with Gasteiger partial charge in [-0.1, -0.05) is 176 Å². The summed E-state index contributed by atoms with van der Waals surface area (Å²) >= 11 is 1.87. The Labute approximate surface area is 334 Å². The van der Waals surface area contributed by atoms with E-state index in [0.29, 0.717) is 0 Å². The highest BCUT2D eigenvalue weighted by Gasteiger charge is 2.51. The third-order valence-corrected chi connectivity index (χ3v) is 17.7. The molecular formula is C52H33N3SSi. The van der Waals surface area contributed by atoms with Crippen LogP contribution in [0.3, 0.4) is 0 Å². The molecule has 12 rings (SSSR count). The number of hydrogen-bond acceptors (Lipinski definition) is 3. The van der Waals surface area contributed by atoms with Crippen LogP contribution in [0, 0.1) is 0 Å². The van der Waals surface area contributed by atoms with Gasteiger partial charge in [0, 0.05) is 47.6 Å². The summed E-state index contributed by atoms with van der Waals surface area (Å²) in [6.07, 6.45) is 0. The van der Waals surface area contributed by atoms with Gasteiger partial charge in [0.15, 0.2) is 5.82 Å². The predicted octanol–water partition coefficient (Wildman–Crippen LogP) is 10.6. The van der Waals surface area contributed by atoms with Gasteiger partial charge >= 0.3 is 0 Å². The van der Waals surface area contributed by atoms with Crippen molar-refractivity contribution >= 4 is 82.3 Å². The number of aromatic nitrogens is 3. The molecule has 0 unspecified atom stereocenters. The molecule has 0 aliphatic carbocycles. The Morgan fingerprint density at radius 1 is 0.456 bits per heavy atom. The van der Waals surface area contributed by atoms with E-state index in [4.69, 9.17) is 9.97 Å². The molecule has 0 atom stereocenters. The Morgan fingerprint density at radius 3 is 1.84 bits per heavy atom. The van der Waals surface area contributed by atoms with Crippen molar-refractivity contribution in [2.45, 2.75) is 0 Å². The normalized spacial score (nSPS) is 13.1. The topological polar surface area (TPSA) is 30.7 Å². The van der Waals surface area contributed by atoms with Crippen LogP contribution in [0.1, 0.15) is 0 Å². The fraction of sp³-hybridized carbons (Fsp3) is 0. The quantitative estimate of drug-likeness (QED) is 0.164. The predicted molar refractivity (Wildman–Crippen MR) is 243 cm³/mol. The van der Waals surface area contributed by atoms with Crippen LogP contribution in [-0.4, -0.2) is 22.6 Å². The molecule has 1 aliphatic rings. The average Bonchev–Trinajstić information content (AvgIpc) is 3.93. The first-order valence-electron chi connectivity index (χ1n) is 19.4. The van der Waals surface area contributed by atoms with E-state index in [9.17, 15) is 0 Å². The molecule has 11 aromatic rings. The molecule has 0 spiro atoms. The van der Waals surface area contributed by atoms with Gasteiger partial charge in [-0.25, -0.2) is 9.97 Å². The van der Waals surface area contributed by atoms with Crippen LogP contribution < -0.4 is 20.9 Å². The van der Waals surface area contributed by atoms with Crippen LogP contribution in [0.15, 0.2) is 200 Å². The summed E-state index contributed by atoms with van der Waals surface area (Å²) in [7, 11) is -2.94. The molecule has 0 saturated carbocycles. The van der Waals surface area contributed by atoms with Crippen molar-refractivity contribution in [3.8, 4) is 39.5 Å². The van der Waals surface area contributed by atoms with Crippen LogP contribution in [0.25, 0.3) is 81.4 Å². The van der Waals surface area contributed by atoms with Crippen molar-refractivity contribution in [3.05, 3.63) is 200 Å². The van der Waals surface area contributed by atoms with Gasteiger partial charge in [0.05, 0.1) is 27.7 Å². The minimum Gasteiger partial charge on any atom is -0.308 e. The van der Waals surface area contributed by atoms with Gasteiger partial charge < -0.3 is 4.57 Å². The average molecular weight is 760 g/mol. The molecule has 3 aromatic heterocycles. The standard InChI is InChI=1S/C52H33N3SSi/c1-4-18-34(19-5-1)51-53-49(48-41-27-13-17-31-46(41)57(52(48)54-51,35-20-6-2-7-21-35)36-22-8-3-9-23-36)39-25-11-15-29-43(39)55-42-28-14-10-24-37(42)38-32-33-45-47(50(38)55)40-26-12-16-30-44(40)56-45/h1-33H. The fourth-order valence-electron chi connectivity index (χ4n) is 9.57. The molecule has 1 aliphatic heterocycles. The van der Waals surface area contributed by atoms with E-state index in [1.54, 1.807) is 0 Å². The summed E-state index contributed by atoms with van der Waals surface area (Å²) in [6, 6.07) is 73.0. The number of thiophene rings is 1. The van der Waals surface area contributed by atoms with Crippen LogP contribution >= 0.6 is 11.3 Å². The highest BCUT2D eigenvalue weighted by molar-refractivity contribution is 7.26. The molecule has 3 nitrogen and oxygen atoms in total. The molecule has 0 fully saturated rings. The van der Waals surface area contributed by atoms with E-state index >= 15 is 0 Å². The van der Waals surface area contributed by atoms with Gasteiger partial charge in [-0.3, -0.25) is 0 Å². The van der Waals surface area contributed by atoms with Crippen molar-refractivity contribution in [1.29, 1.82) is 0 Å². The maximum atomic E-state index is 5.74. The largest absolute Gasteiger partial charge is 0.308 e. The molecule has 0 N–H and O–H groups in total. The van der Waals surface area contributed by atoms with Crippen molar-refractivity contribution in [3.63, 3.8) is 0 Å². The second-order valence-corrected chi connectivity index (χ2v) is 19.6. The Bertz CT molecular complexity index is 3310. The van der Waals surface area contributed by atoms with E-state index in [-0.39, 0.29) is 0 Å². The molecule has 0 bridgehead atoms. The zero-order valence-corrected chi connectivity index (χ0v) is 32.6. The van der Waals surface area contributed by atoms with E-state index in [2.05, 4.69) is 205 Å². The highest BCUT2D eigenvalue weighted by Crippen LogP contribution is 2.45. The molecule has 0 saturated heterocycles. The van der Waals surface area contributed by atoms with Crippen molar-refractivity contribution in [2.75, 3.05) is 0 Å². The SMILES string of the molecule is c1ccc(-c2nc(-c3ccccc3-n3c4ccccc4c4ccc5sc6ccccc6c5c43)c3c(n2)[Si](c2ccccc2)(c2ccccc2)c2ccccc2-3)cc1. The molecule has 0 amide bonds. The smallest absolute Gasteiger partial charge is 0.203 e. The maximum absolute atomic E-state index is 5.74. The monoisotopic (exact) mass is 759 g/mol. The van der Waals surface area contributed by atoms with Crippen molar-refractivity contribution in [2.24, 2.45) is 0 Å². The summed E-state index contributed by atoms with van der Waals surface area (Å²) in [4.78, 5) is 11.4. The first kappa shape index (κ1) is 32.3. The van der Waals surface area contributed by atoms with Crippen LogP contribution in [0.4, 0.5) is 0 Å². The van der Waals surface area contributed by atoms with Crippen LogP contribution in [0.2, 0.25) is 0 Å². The van der Waals surface area contributed by atoms with E-state index in [0.717, 1.165) is 39.2 Å². The zero-order valence-electron chi connectivity index (χ0n) is 30.8. The fourth-order valence-corrected chi connectivity index (χ4v) is 15.7. The molecular weight excluding hydrogens is 727 g/mol. The first-order valence-corrected chi connectivity index (χ1v) is 22.2. The van der Waals surface area contributed by atoms with E-state index < -0.39 is 8.07 Å². The molecule has 266 valence electrons. The molecule has 57 heavy (non-hydrogen) atoms. The Kier molecular flexibility index (Phi) is 7.12. The summed E-state index contributed by atoms with van der Waals surface area (Å²) in [5.74, 6) is 0.740. The van der Waals surface area contributed by atoms with Gasteiger partial charge in [-0.2, -0.15) is 0 Å². The number of hydrogen-bond donors (Lipinski definition) is 0. The second-order valence-electron chi connectivity index (χ2n) is 14.8. The summed E-state index contributed by atoms with van der Waals surface area (Å²) in [5.41, 5.74) is 8.88. The summed E-state index contributed by atoms with van der Waals surface area (Å²) in [6.45, 7) is 0. The summed E-state index contributed by atoms with van der Waals surface area (Å²) in [5, 5.41) is 10.2. The second kappa shape index (κ2) is 12.5. The van der Waals surface area contributed by atoms with E-state index in [1.807, 2.05) is 11.3 Å². The number of para-hydroxylation sites is 2.